The van der Waals surface area contributed by atoms with Gasteiger partial charge in [-0.15, -0.1) is 0 Å². The molecule has 1 saturated heterocycles. The Kier molecular flexibility index (Phi) is 5.97. The number of urea groups is 1. The van der Waals surface area contributed by atoms with Gasteiger partial charge in [-0.05, 0) is 52.9 Å². The summed E-state index contributed by atoms with van der Waals surface area (Å²) < 4.78 is 6.17. The van der Waals surface area contributed by atoms with Gasteiger partial charge in [-0.2, -0.15) is 0 Å². The van der Waals surface area contributed by atoms with Crippen molar-refractivity contribution in [2.45, 2.75) is 0 Å². The van der Waals surface area contributed by atoms with Crippen molar-refractivity contribution in [2.24, 2.45) is 0 Å². The lowest BCUT2D eigenvalue weighted by Crippen LogP contribution is -2.51. The molecule has 7 heteroatoms. The molecule has 0 aromatic heterocycles. The van der Waals surface area contributed by atoms with Crippen molar-refractivity contribution in [1.82, 2.24) is 9.80 Å². The highest BCUT2D eigenvalue weighted by Crippen LogP contribution is 2.19. The zero-order chi connectivity index (χ0) is 18.5. The number of rotatable bonds is 3. The van der Waals surface area contributed by atoms with E-state index in [1.807, 2.05) is 30.3 Å². The topological polar surface area (TPSA) is 61.9 Å². The second-order valence-corrected chi connectivity index (χ2v) is 7.08. The highest BCUT2D eigenvalue weighted by molar-refractivity contribution is 14.1. The molecule has 0 unspecified atom stereocenters. The Bertz CT molecular complexity index is 804. The van der Waals surface area contributed by atoms with Crippen LogP contribution in [0.25, 0.3) is 0 Å². The lowest BCUT2D eigenvalue weighted by Gasteiger charge is -2.34. The second-order valence-electron chi connectivity index (χ2n) is 5.92. The Hall–Kier alpha value is -2.29. The molecule has 0 radical (unpaired) electrons. The summed E-state index contributed by atoms with van der Waals surface area (Å²) in [6.45, 7) is 2.03. The lowest BCUT2D eigenvalue weighted by molar-refractivity contribution is 0.0671. The quantitative estimate of drug-likeness (QED) is 0.708. The number of methoxy groups -OCH3 is 1. The Morgan fingerprint density at radius 2 is 1.69 bits per heavy atom. The summed E-state index contributed by atoms with van der Waals surface area (Å²) in [5.41, 5.74) is 1.40. The molecule has 3 amide bonds. The van der Waals surface area contributed by atoms with Gasteiger partial charge in [0.15, 0.2) is 0 Å². The third-order valence-electron chi connectivity index (χ3n) is 4.29. The predicted octanol–water partition coefficient (Wildman–Crippen LogP) is 3.29. The number of anilines is 1. The van der Waals surface area contributed by atoms with E-state index in [2.05, 4.69) is 27.9 Å². The first kappa shape index (κ1) is 18.5. The summed E-state index contributed by atoms with van der Waals surface area (Å²) in [6.07, 6.45) is 0. The zero-order valence-electron chi connectivity index (χ0n) is 14.4. The summed E-state index contributed by atoms with van der Waals surface area (Å²) in [6, 6.07) is 14.6. The van der Waals surface area contributed by atoms with Crippen LogP contribution in [0.5, 0.6) is 5.75 Å². The van der Waals surface area contributed by atoms with Crippen LogP contribution in [0.1, 0.15) is 10.4 Å². The zero-order valence-corrected chi connectivity index (χ0v) is 16.6. The summed E-state index contributed by atoms with van der Waals surface area (Å²) in [7, 11) is 1.58. The number of amides is 3. The minimum absolute atomic E-state index is 0.0402. The van der Waals surface area contributed by atoms with Crippen molar-refractivity contribution in [3.8, 4) is 5.75 Å². The van der Waals surface area contributed by atoms with Gasteiger partial charge in [0, 0.05) is 35.3 Å². The number of hydrogen-bond acceptors (Lipinski definition) is 3. The number of hydrogen-bond donors (Lipinski definition) is 1. The van der Waals surface area contributed by atoms with Gasteiger partial charge in [-0.1, -0.05) is 18.2 Å². The van der Waals surface area contributed by atoms with E-state index in [1.54, 1.807) is 35.1 Å². The van der Waals surface area contributed by atoms with E-state index in [-0.39, 0.29) is 11.9 Å². The fraction of sp³-hybridized carbons (Fsp3) is 0.263. The molecule has 1 aliphatic rings. The first-order valence-electron chi connectivity index (χ1n) is 8.32. The van der Waals surface area contributed by atoms with Crippen LogP contribution in [-0.4, -0.2) is 55.0 Å². The molecule has 1 fully saturated rings. The van der Waals surface area contributed by atoms with Crippen LogP contribution in [0.4, 0.5) is 10.5 Å². The number of carbonyl (C=O) groups is 2. The molecule has 0 spiro atoms. The van der Waals surface area contributed by atoms with Gasteiger partial charge in [0.1, 0.15) is 5.75 Å². The van der Waals surface area contributed by atoms with Gasteiger partial charge in [-0.25, -0.2) is 4.79 Å². The average molecular weight is 465 g/mol. The van der Waals surface area contributed by atoms with Crippen LogP contribution < -0.4 is 10.1 Å². The van der Waals surface area contributed by atoms with Crippen molar-refractivity contribution in [3.63, 3.8) is 0 Å². The fourth-order valence-electron chi connectivity index (χ4n) is 2.81. The number of benzene rings is 2. The van der Waals surface area contributed by atoms with E-state index in [1.165, 1.54) is 0 Å². The summed E-state index contributed by atoms with van der Waals surface area (Å²) >= 11 is 2.19. The molecular weight excluding hydrogens is 445 g/mol. The minimum atomic E-state index is -0.136. The smallest absolute Gasteiger partial charge is 0.321 e. The Labute approximate surface area is 166 Å². The molecular formula is C19H20IN3O3. The Morgan fingerprint density at radius 1 is 1.00 bits per heavy atom. The maximum atomic E-state index is 12.6. The van der Waals surface area contributed by atoms with E-state index < -0.39 is 0 Å². The monoisotopic (exact) mass is 465 g/mol. The molecule has 1 aliphatic heterocycles. The molecule has 136 valence electrons. The van der Waals surface area contributed by atoms with Crippen molar-refractivity contribution >= 4 is 40.2 Å². The van der Waals surface area contributed by atoms with Crippen LogP contribution in [0, 0.1) is 3.57 Å². The largest absolute Gasteiger partial charge is 0.497 e. The van der Waals surface area contributed by atoms with Crippen molar-refractivity contribution < 1.29 is 14.3 Å². The molecule has 0 saturated carbocycles. The molecule has 1 N–H and O–H groups in total. The van der Waals surface area contributed by atoms with Crippen molar-refractivity contribution in [3.05, 3.63) is 57.7 Å². The number of ether oxygens (including phenoxy) is 1. The number of halogens is 1. The van der Waals surface area contributed by atoms with Crippen LogP contribution >= 0.6 is 22.6 Å². The molecule has 0 bridgehead atoms. The van der Waals surface area contributed by atoms with Gasteiger partial charge in [-0.3, -0.25) is 4.79 Å². The summed E-state index contributed by atoms with van der Waals surface area (Å²) in [5, 5.41) is 2.93. The Balaban J connectivity index is 1.57. The van der Waals surface area contributed by atoms with Gasteiger partial charge in [0.25, 0.3) is 5.91 Å². The first-order chi connectivity index (χ1) is 12.6. The Morgan fingerprint density at radius 3 is 2.38 bits per heavy atom. The van der Waals surface area contributed by atoms with Crippen LogP contribution in [0.2, 0.25) is 0 Å². The van der Waals surface area contributed by atoms with Gasteiger partial charge >= 0.3 is 6.03 Å². The normalized spacial score (nSPS) is 14.1. The van der Waals surface area contributed by atoms with Crippen LogP contribution in [-0.2, 0) is 0 Å². The standard InChI is InChI=1S/C19H20IN3O3/c1-26-15-6-4-5-14(13-15)18(24)22-9-11-23(12-10-22)19(25)21-17-8-3-2-7-16(17)20/h2-8,13H,9-12H2,1H3,(H,21,25). The van der Waals surface area contributed by atoms with E-state index in [0.717, 1.165) is 9.26 Å². The van der Waals surface area contributed by atoms with Crippen molar-refractivity contribution in [2.75, 3.05) is 38.6 Å². The minimum Gasteiger partial charge on any atom is -0.497 e. The number of piperazine rings is 1. The van der Waals surface area contributed by atoms with Crippen LogP contribution in [0.3, 0.4) is 0 Å². The number of carbonyl (C=O) groups excluding carboxylic acids is 2. The molecule has 0 atom stereocenters. The highest BCUT2D eigenvalue weighted by Gasteiger charge is 2.25. The van der Waals surface area contributed by atoms with Crippen molar-refractivity contribution in [1.29, 1.82) is 0 Å². The van der Waals surface area contributed by atoms with E-state index in [9.17, 15) is 9.59 Å². The molecule has 26 heavy (non-hydrogen) atoms. The lowest BCUT2D eigenvalue weighted by atomic mass is 10.1. The molecule has 3 rings (SSSR count). The first-order valence-corrected chi connectivity index (χ1v) is 9.40. The molecule has 6 nitrogen and oxygen atoms in total. The van der Waals surface area contributed by atoms with E-state index in [4.69, 9.17) is 4.74 Å². The number of para-hydroxylation sites is 1. The third kappa shape index (κ3) is 4.27. The fourth-order valence-corrected chi connectivity index (χ4v) is 3.33. The van der Waals surface area contributed by atoms with Crippen LogP contribution in [0.15, 0.2) is 48.5 Å². The number of nitrogens with zero attached hydrogens (tertiary/aromatic N) is 2. The third-order valence-corrected chi connectivity index (χ3v) is 5.23. The maximum Gasteiger partial charge on any atom is 0.321 e. The van der Waals surface area contributed by atoms with Gasteiger partial charge < -0.3 is 19.9 Å². The van der Waals surface area contributed by atoms with E-state index >= 15 is 0 Å². The molecule has 2 aromatic rings. The summed E-state index contributed by atoms with van der Waals surface area (Å²) in [5.74, 6) is 0.618. The highest BCUT2D eigenvalue weighted by atomic mass is 127. The second kappa shape index (κ2) is 8.39. The maximum absolute atomic E-state index is 12.6. The SMILES string of the molecule is COc1cccc(C(=O)N2CCN(C(=O)Nc3ccccc3I)CC2)c1. The number of nitrogens with one attached hydrogen (secondary N) is 1. The average Bonchev–Trinajstić information content (AvgIpc) is 2.69. The summed E-state index contributed by atoms with van der Waals surface area (Å²) in [4.78, 5) is 28.6. The van der Waals surface area contributed by atoms with Gasteiger partial charge in [0.05, 0.1) is 12.8 Å². The van der Waals surface area contributed by atoms with E-state index in [0.29, 0.717) is 37.5 Å². The van der Waals surface area contributed by atoms with Gasteiger partial charge in [0.2, 0.25) is 0 Å². The predicted molar refractivity (Wildman–Crippen MR) is 109 cm³/mol. The molecule has 2 aromatic carbocycles. The molecule has 1 heterocycles. The molecule has 0 aliphatic carbocycles.